The summed E-state index contributed by atoms with van der Waals surface area (Å²) < 4.78 is 16.4. The Kier molecular flexibility index (Phi) is 8.21. The molecule has 1 N–H and O–H groups in total. The van der Waals surface area contributed by atoms with E-state index in [0.717, 1.165) is 12.3 Å². The van der Waals surface area contributed by atoms with Crippen molar-refractivity contribution >= 4 is 0 Å². The molecule has 0 saturated carbocycles. The number of nitrogens with one attached hydrogen (secondary N) is 1. The van der Waals surface area contributed by atoms with Crippen LogP contribution in [0.3, 0.4) is 0 Å². The van der Waals surface area contributed by atoms with Crippen LogP contribution in [-0.2, 0) is 16.0 Å². The van der Waals surface area contributed by atoms with Crippen LogP contribution in [0, 0.1) is 0 Å². The minimum absolute atomic E-state index is 0.260. The van der Waals surface area contributed by atoms with Crippen molar-refractivity contribution in [1.82, 2.24) is 5.32 Å². The van der Waals surface area contributed by atoms with Crippen molar-refractivity contribution in [3.05, 3.63) is 29.8 Å². The second-order valence-electron chi connectivity index (χ2n) is 4.55. The van der Waals surface area contributed by atoms with E-state index in [1.807, 2.05) is 33.0 Å². The molecule has 4 heteroatoms. The molecule has 0 unspecified atom stereocenters. The van der Waals surface area contributed by atoms with Gasteiger partial charge in [0, 0.05) is 6.54 Å². The quantitative estimate of drug-likeness (QED) is 0.660. The first-order chi connectivity index (χ1) is 9.22. The highest BCUT2D eigenvalue weighted by molar-refractivity contribution is 5.27. The lowest BCUT2D eigenvalue weighted by molar-refractivity contribution is 0.0124. The summed E-state index contributed by atoms with van der Waals surface area (Å²) in [5, 5.41) is 3.11. The summed E-state index contributed by atoms with van der Waals surface area (Å²) in [6, 6.07) is 8.08. The predicted octanol–water partition coefficient (Wildman–Crippen LogP) is 2.23. The van der Waals surface area contributed by atoms with Crippen molar-refractivity contribution in [2.45, 2.75) is 26.5 Å². The third-order valence-electron chi connectivity index (χ3n) is 2.48. The van der Waals surface area contributed by atoms with Gasteiger partial charge < -0.3 is 19.5 Å². The molecule has 0 radical (unpaired) electrons. The lowest BCUT2D eigenvalue weighted by Gasteiger charge is -2.09. The van der Waals surface area contributed by atoms with Gasteiger partial charge in [0.15, 0.2) is 0 Å². The predicted molar refractivity (Wildman–Crippen MR) is 76.6 cm³/mol. The average molecular weight is 267 g/mol. The molecule has 0 heterocycles. The van der Waals surface area contributed by atoms with Gasteiger partial charge in [-0.05, 0) is 38.6 Å². The summed E-state index contributed by atoms with van der Waals surface area (Å²) in [7, 11) is 1.94. The van der Waals surface area contributed by atoms with Crippen LogP contribution < -0.4 is 10.1 Å². The first-order valence-corrected chi connectivity index (χ1v) is 6.78. The van der Waals surface area contributed by atoms with E-state index in [2.05, 4.69) is 17.4 Å². The van der Waals surface area contributed by atoms with Gasteiger partial charge in [-0.25, -0.2) is 0 Å². The molecule has 0 aliphatic carbocycles. The topological polar surface area (TPSA) is 39.7 Å². The molecule has 0 aromatic heterocycles. The molecular formula is C15H25NO3. The van der Waals surface area contributed by atoms with Gasteiger partial charge in [-0.3, -0.25) is 0 Å². The third kappa shape index (κ3) is 7.82. The number of rotatable bonds is 10. The summed E-state index contributed by atoms with van der Waals surface area (Å²) in [6.45, 7) is 7.30. The van der Waals surface area contributed by atoms with Crippen molar-refractivity contribution in [1.29, 1.82) is 0 Å². The minimum Gasteiger partial charge on any atom is -0.491 e. The second kappa shape index (κ2) is 9.78. The van der Waals surface area contributed by atoms with Crippen LogP contribution >= 0.6 is 0 Å². The van der Waals surface area contributed by atoms with E-state index < -0.39 is 0 Å². The van der Waals surface area contributed by atoms with E-state index in [0.29, 0.717) is 26.4 Å². The fraction of sp³-hybridized carbons (Fsp3) is 0.600. The van der Waals surface area contributed by atoms with Gasteiger partial charge in [0.05, 0.1) is 25.9 Å². The molecule has 1 aromatic rings. The number of hydrogen-bond acceptors (Lipinski definition) is 4. The van der Waals surface area contributed by atoms with Crippen molar-refractivity contribution in [2.24, 2.45) is 0 Å². The molecule has 0 bridgehead atoms. The largest absolute Gasteiger partial charge is 0.491 e. The lowest BCUT2D eigenvalue weighted by Crippen LogP contribution is -2.13. The van der Waals surface area contributed by atoms with Crippen molar-refractivity contribution in [2.75, 3.05) is 33.5 Å². The molecule has 0 aliphatic heterocycles. The van der Waals surface area contributed by atoms with E-state index in [4.69, 9.17) is 14.2 Å². The van der Waals surface area contributed by atoms with Crippen LogP contribution in [0.5, 0.6) is 5.75 Å². The van der Waals surface area contributed by atoms with Crippen LogP contribution in [0.4, 0.5) is 0 Å². The summed E-state index contributed by atoms with van der Waals surface area (Å²) >= 11 is 0. The van der Waals surface area contributed by atoms with E-state index in [-0.39, 0.29) is 6.10 Å². The maximum absolute atomic E-state index is 5.58. The number of benzene rings is 1. The van der Waals surface area contributed by atoms with Crippen LogP contribution in [0.1, 0.15) is 19.4 Å². The Balaban J connectivity index is 2.05. The zero-order valence-electron chi connectivity index (χ0n) is 12.1. The molecule has 4 nitrogen and oxygen atoms in total. The highest BCUT2D eigenvalue weighted by Crippen LogP contribution is 2.11. The zero-order valence-corrected chi connectivity index (χ0v) is 12.1. The normalized spacial score (nSPS) is 10.9. The van der Waals surface area contributed by atoms with Crippen LogP contribution in [0.15, 0.2) is 24.3 Å². The first kappa shape index (κ1) is 16.0. The van der Waals surface area contributed by atoms with Gasteiger partial charge in [-0.1, -0.05) is 12.1 Å². The Bertz CT molecular complexity index is 325. The Morgan fingerprint density at radius 3 is 2.32 bits per heavy atom. The monoisotopic (exact) mass is 267 g/mol. The van der Waals surface area contributed by atoms with Gasteiger partial charge in [0.1, 0.15) is 12.4 Å². The minimum atomic E-state index is 0.260. The Labute approximate surface area is 116 Å². The molecule has 0 aliphatic rings. The van der Waals surface area contributed by atoms with Crippen LogP contribution in [-0.4, -0.2) is 39.6 Å². The fourth-order valence-electron chi connectivity index (χ4n) is 1.57. The van der Waals surface area contributed by atoms with Crippen LogP contribution in [0.25, 0.3) is 0 Å². The lowest BCUT2D eigenvalue weighted by atomic mass is 10.2. The van der Waals surface area contributed by atoms with Crippen LogP contribution in [0.2, 0.25) is 0 Å². The highest BCUT2D eigenvalue weighted by atomic mass is 16.5. The van der Waals surface area contributed by atoms with Gasteiger partial charge in [0.25, 0.3) is 0 Å². The summed E-state index contributed by atoms with van der Waals surface area (Å²) in [5.41, 5.74) is 1.25. The summed E-state index contributed by atoms with van der Waals surface area (Å²) in [6.07, 6.45) is 0.260. The molecule has 19 heavy (non-hydrogen) atoms. The molecule has 0 fully saturated rings. The summed E-state index contributed by atoms with van der Waals surface area (Å²) in [5.74, 6) is 0.877. The Morgan fingerprint density at radius 2 is 1.68 bits per heavy atom. The van der Waals surface area contributed by atoms with E-state index in [1.54, 1.807) is 0 Å². The van der Waals surface area contributed by atoms with Gasteiger partial charge in [-0.2, -0.15) is 0 Å². The van der Waals surface area contributed by atoms with Gasteiger partial charge in [0.2, 0.25) is 0 Å². The van der Waals surface area contributed by atoms with Crippen molar-refractivity contribution < 1.29 is 14.2 Å². The molecule has 1 rings (SSSR count). The number of hydrogen-bond donors (Lipinski definition) is 1. The second-order valence-corrected chi connectivity index (χ2v) is 4.55. The molecule has 1 aromatic carbocycles. The van der Waals surface area contributed by atoms with E-state index in [1.165, 1.54) is 5.56 Å². The van der Waals surface area contributed by atoms with E-state index in [9.17, 15) is 0 Å². The molecule has 0 spiro atoms. The SMILES string of the molecule is CNCc1ccc(OCCOCCOC(C)C)cc1. The number of ether oxygens (including phenoxy) is 3. The molecular weight excluding hydrogens is 242 g/mol. The Hall–Kier alpha value is -1.10. The summed E-state index contributed by atoms with van der Waals surface area (Å²) in [4.78, 5) is 0. The van der Waals surface area contributed by atoms with Gasteiger partial charge in [-0.15, -0.1) is 0 Å². The molecule has 0 amide bonds. The maximum atomic E-state index is 5.58. The fourth-order valence-corrected chi connectivity index (χ4v) is 1.57. The zero-order chi connectivity index (χ0) is 13.9. The highest BCUT2D eigenvalue weighted by Gasteiger charge is 1.96. The Morgan fingerprint density at radius 1 is 1.00 bits per heavy atom. The maximum Gasteiger partial charge on any atom is 0.119 e. The van der Waals surface area contributed by atoms with Gasteiger partial charge >= 0.3 is 0 Å². The molecule has 0 atom stereocenters. The van der Waals surface area contributed by atoms with E-state index >= 15 is 0 Å². The molecule has 108 valence electrons. The molecule has 0 saturated heterocycles. The average Bonchev–Trinajstić information content (AvgIpc) is 2.39. The van der Waals surface area contributed by atoms with Crippen molar-refractivity contribution in [3.63, 3.8) is 0 Å². The standard InChI is InChI=1S/C15H25NO3/c1-13(2)18-10-8-17-9-11-19-15-6-4-14(5-7-15)12-16-3/h4-7,13,16H,8-12H2,1-3H3. The smallest absolute Gasteiger partial charge is 0.119 e. The van der Waals surface area contributed by atoms with Crippen molar-refractivity contribution in [3.8, 4) is 5.75 Å². The first-order valence-electron chi connectivity index (χ1n) is 6.78. The third-order valence-corrected chi connectivity index (χ3v) is 2.48.